The molecule has 35 heavy (non-hydrogen) atoms. The van der Waals surface area contributed by atoms with Crippen LogP contribution in [0.1, 0.15) is 23.8 Å². The SMILES string of the molecule is COc1ccc2cccc(C(O)CN3CC[C@H](NCc4ccc5c(n4)NC(=O)CS5)[C@@H](O)C3)c2n1. The second-order valence-corrected chi connectivity index (χ2v) is 9.89. The Labute approximate surface area is 207 Å². The Bertz CT molecular complexity index is 1230. The molecule has 3 aromatic rings. The maximum Gasteiger partial charge on any atom is 0.235 e. The van der Waals surface area contributed by atoms with E-state index >= 15 is 0 Å². The molecule has 0 aliphatic carbocycles. The molecular weight excluding hydrogens is 466 g/mol. The van der Waals surface area contributed by atoms with Gasteiger partial charge in [-0.1, -0.05) is 18.2 Å². The number of nitrogens with zero attached hydrogens (tertiary/aromatic N) is 3. The van der Waals surface area contributed by atoms with E-state index in [0.717, 1.165) is 40.0 Å². The second kappa shape index (κ2) is 10.5. The van der Waals surface area contributed by atoms with Gasteiger partial charge in [-0.2, -0.15) is 0 Å². The highest BCUT2D eigenvalue weighted by Gasteiger charge is 2.29. The number of nitrogens with one attached hydrogen (secondary N) is 2. The van der Waals surface area contributed by atoms with Gasteiger partial charge in [0.1, 0.15) is 5.82 Å². The summed E-state index contributed by atoms with van der Waals surface area (Å²) in [5.41, 5.74) is 2.29. The van der Waals surface area contributed by atoms with E-state index < -0.39 is 12.2 Å². The second-order valence-electron chi connectivity index (χ2n) is 8.88. The minimum Gasteiger partial charge on any atom is -0.481 e. The number of carbonyl (C=O) groups is 1. The number of β-amino-alcohol motifs (C(OH)–C–C–N with tert-alkyl or cyclic N) is 2. The molecule has 1 unspecified atom stereocenters. The smallest absolute Gasteiger partial charge is 0.235 e. The average molecular weight is 496 g/mol. The molecule has 0 bridgehead atoms. The quantitative estimate of drug-likeness (QED) is 0.390. The number of thioether (sulfide) groups is 1. The summed E-state index contributed by atoms with van der Waals surface area (Å²) in [5.74, 6) is 1.49. The number of para-hydroxylation sites is 1. The Hall–Kier alpha value is -2.76. The van der Waals surface area contributed by atoms with Gasteiger partial charge in [0.25, 0.3) is 0 Å². The lowest BCUT2D eigenvalue weighted by atomic mass is 9.99. The van der Waals surface area contributed by atoms with Gasteiger partial charge < -0.3 is 25.6 Å². The number of benzene rings is 1. The first-order valence-electron chi connectivity index (χ1n) is 11.7. The molecule has 1 amide bonds. The average Bonchev–Trinajstić information content (AvgIpc) is 2.87. The van der Waals surface area contributed by atoms with E-state index in [4.69, 9.17) is 4.74 Å². The summed E-state index contributed by atoms with van der Waals surface area (Å²) < 4.78 is 5.25. The molecule has 1 saturated heterocycles. The van der Waals surface area contributed by atoms with Gasteiger partial charge in [0, 0.05) is 42.7 Å². The van der Waals surface area contributed by atoms with Crippen molar-refractivity contribution >= 4 is 34.4 Å². The number of likely N-dealkylation sites (tertiary alicyclic amines) is 1. The highest BCUT2D eigenvalue weighted by atomic mass is 32.2. The van der Waals surface area contributed by atoms with Crippen molar-refractivity contribution < 1.29 is 19.7 Å². The summed E-state index contributed by atoms with van der Waals surface area (Å²) in [7, 11) is 1.57. The van der Waals surface area contributed by atoms with Gasteiger partial charge in [-0.3, -0.25) is 9.69 Å². The molecule has 2 aliphatic heterocycles. The number of pyridine rings is 2. The Morgan fingerprint density at radius 2 is 2.14 bits per heavy atom. The van der Waals surface area contributed by atoms with Crippen molar-refractivity contribution in [3.8, 4) is 5.88 Å². The number of carbonyl (C=O) groups excluding carboxylic acids is 1. The largest absolute Gasteiger partial charge is 0.481 e. The zero-order valence-corrected chi connectivity index (χ0v) is 20.3. The van der Waals surface area contributed by atoms with E-state index in [1.54, 1.807) is 13.2 Å². The van der Waals surface area contributed by atoms with Crippen molar-refractivity contribution in [1.29, 1.82) is 0 Å². The van der Waals surface area contributed by atoms with Crippen LogP contribution in [0.2, 0.25) is 0 Å². The minimum absolute atomic E-state index is 0.0384. The third-order valence-electron chi connectivity index (χ3n) is 6.47. The molecule has 184 valence electrons. The van der Waals surface area contributed by atoms with Crippen LogP contribution >= 0.6 is 11.8 Å². The molecular formula is C25H29N5O4S. The highest BCUT2D eigenvalue weighted by molar-refractivity contribution is 8.00. The van der Waals surface area contributed by atoms with Crippen LogP contribution in [0, 0.1) is 0 Å². The lowest BCUT2D eigenvalue weighted by Crippen LogP contribution is -2.53. The fraction of sp³-hybridized carbons (Fsp3) is 0.400. The van der Waals surface area contributed by atoms with Gasteiger partial charge in [0.05, 0.1) is 41.2 Å². The predicted molar refractivity (Wildman–Crippen MR) is 135 cm³/mol. The number of fused-ring (bicyclic) bond motifs is 2. The van der Waals surface area contributed by atoms with Crippen LogP contribution in [-0.4, -0.2) is 75.6 Å². The lowest BCUT2D eigenvalue weighted by Gasteiger charge is -2.37. The number of anilines is 1. The number of hydrogen-bond donors (Lipinski definition) is 4. The zero-order chi connectivity index (χ0) is 24.4. The van der Waals surface area contributed by atoms with E-state index in [-0.39, 0.29) is 11.9 Å². The fourth-order valence-electron chi connectivity index (χ4n) is 4.62. The van der Waals surface area contributed by atoms with Crippen LogP contribution in [0.3, 0.4) is 0 Å². The zero-order valence-electron chi connectivity index (χ0n) is 19.5. The third kappa shape index (κ3) is 5.41. The molecule has 2 aromatic heterocycles. The summed E-state index contributed by atoms with van der Waals surface area (Å²) >= 11 is 1.49. The van der Waals surface area contributed by atoms with Crippen LogP contribution in [0.15, 0.2) is 47.4 Å². The standard InChI is InChI=1S/C25H29N5O4S/c1-34-23-8-5-15-3-2-4-17(24(15)29-23)19(31)12-30-10-9-18(20(32)13-30)26-11-16-6-7-21-25(27-16)28-22(33)14-35-21/h2-8,18-20,26,31-32H,9-14H2,1H3,(H,27,28,33)/t18-,19?,20-/m0/s1. The van der Waals surface area contributed by atoms with Crippen LogP contribution < -0.4 is 15.4 Å². The number of aliphatic hydroxyl groups excluding tert-OH is 2. The molecule has 9 nitrogen and oxygen atoms in total. The van der Waals surface area contributed by atoms with E-state index in [0.29, 0.717) is 37.1 Å². The Morgan fingerprint density at radius 1 is 1.26 bits per heavy atom. The number of rotatable bonds is 7. The minimum atomic E-state index is -0.734. The molecule has 0 saturated carbocycles. The molecule has 0 spiro atoms. The van der Waals surface area contributed by atoms with Crippen molar-refractivity contribution in [2.45, 2.75) is 36.1 Å². The first kappa shape index (κ1) is 24.0. The maximum atomic E-state index is 11.6. The summed E-state index contributed by atoms with van der Waals surface area (Å²) in [6.07, 6.45) is -0.565. The van der Waals surface area contributed by atoms with Crippen molar-refractivity contribution in [3.05, 3.63) is 53.7 Å². The Morgan fingerprint density at radius 3 is 2.97 bits per heavy atom. The van der Waals surface area contributed by atoms with Crippen molar-refractivity contribution in [2.24, 2.45) is 0 Å². The monoisotopic (exact) mass is 495 g/mol. The number of aromatic nitrogens is 2. The molecule has 2 aliphatic rings. The third-order valence-corrected chi connectivity index (χ3v) is 7.52. The van der Waals surface area contributed by atoms with Gasteiger partial charge >= 0.3 is 0 Å². The number of aliphatic hydroxyl groups is 2. The van der Waals surface area contributed by atoms with Gasteiger partial charge in [-0.25, -0.2) is 9.97 Å². The molecule has 3 atom stereocenters. The topological polar surface area (TPSA) is 120 Å². The van der Waals surface area contributed by atoms with Gasteiger partial charge in [-0.15, -0.1) is 11.8 Å². The van der Waals surface area contributed by atoms with Crippen LogP contribution in [0.5, 0.6) is 5.88 Å². The normalized spacial score (nSPS) is 21.4. The number of methoxy groups -OCH3 is 1. The Balaban J connectivity index is 1.17. The predicted octanol–water partition coefficient (Wildman–Crippen LogP) is 1.94. The number of hydrogen-bond acceptors (Lipinski definition) is 9. The van der Waals surface area contributed by atoms with Crippen LogP contribution in [0.4, 0.5) is 5.82 Å². The van der Waals surface area contributed by atoms with Gasteiger partial charge in [0.15, 0.2) is 0 Å². The summed E-state index contributed by atoms with van der Waals surface area (Å²) in [4.78, 5) is 23.7. The van der Waals surface area contributed by atoms with Gasteiger partial charge in [-0.05, 0) is 31.2 Å². The molecule has 0 radical (unpaired) electrons. The molecule has 5 rings (SSSR count). The maximum absolute atomic E-state index is 11.6. The molecule has 4 heterocycles. The van der Waals surface area contributed by atoms with E-state index in [2.05, 4.69) is 25.5 Å². The molecule has 10 heteroatoms. The summed E-state index contributed by atoms with van der Waals surface area (Å²) in [5, 5.41) is 28.9. The molecule has 1 aromatic carbocycles. The first-order valence-corrected chi connectivity index (χ1v) is 12.7. The van der Waals surface area contributed by atoms with E-state index in [9.17, 15) is 15.0 Å². The van der Waals surface area contributed by atoms with Crippen LogP contribution in [0.25, 0.3) is 10.9 Å². The lowest BCUT2D eigenvalue weighted by molar-refractivity contribution is -0.113. The number of amides is 1. The highest BCUT2D eigenvalue weighted by Crippen LogP contribution is 2.30. The number of piperidine rings is 1. The van der Waals surface area contributed by atoms with E-state index in [1.165, 1.54) is 11.8 Å². The van der Waals surface area contributed by atoms with Crippen LogP contribution in [-0.2, 0) is 11.3 Å². The molecule has 4 N–H and O–H groups in total. The van der Waals surface area contributed by atoms with Crippen molar-refractivity contribution in [2.75, 3.05) is 37.8 Å². The Kier molecular flexibility index (Phi) is 7.17. The summed E-state index contributed by atoms with van der Waals surface area (Å²) in [6.45, 7) is 2.12. The molecule has 1 fully saturated rings. The summed E-state index contributed by atoms with van der Waals surface area (Å²) in [6, 6.07) is 13.3. The number of ether oxygens (including phenoxy) is 1. The fourth-order valence-corrected chi connectivity index (χ4v) is 5.37. The first-order chi connectivity index (χ1) is 17.0. The van der Waals surface area contributed by atoms with E-state index in [1.807, 2.05) is 36.4 Å². The van der Waals surface area contributed by atoms with Crippen molar-refractivity contribution in [1.82, 2.24) is 20.2 Å². The van der Waals surface area contributed by atoms with Crippen molar-refractivity contribution in [3.63, 3.8) is 0 Å². The van der Waals surface area contributed by atoms with Gasteiger partial charge in [0.2, 0.25) is 11.8 Å².